The lowest BCUT2D eigenvalue weighted by molar-refractivity contribution is 0.00261. The maximum Gasteiger partial charge on any atom is 0.0594 e. The van der Waals surface area contributed by atoms with Gasteiger partial charge in [0.15, 0.2) is 0 Å². The van der Waals surface area contributed by atoms with E-state index >= 15 is 0 Å². The highest BCUT2D eigenvalue weighted by Gasteiger charge is 2.23. The molecule has 1 aromatic rings. The van der Waals surface area contributed by atoms with Gasteiger partial charge in [0.05, 0.1) is 18.4 Å². The van der Waals surface area contributed by atoms with E-state index in [2.05, 4.69) is 24.1 Å². The molecule has 0 radical (unpaired) electrons. The molecular weight excluding hydrogens is 236 g/mol. The minimum absolute atomic E-state index is 0.468. The minimum Gasteiger partial charge on any atom is -0.377 e. The topological polar surface area (TPSA) is 34.1 Å². The van der Waals surface area contributed by atoms with Gasteiger partial charge in [-0.1, -0.05) is 19.9 Å². The first-order valence-electron chi connectivity index (χ1n) is 7.46. The van der Waals surface area contributed by atoms with Gasteiger partial charge in [0.1, 0.15) is 0 Å². The predicted molar refractivity (Wildman–Crippen MR) is 77.9 cm³/mol. The molecule has 1 aromatic heterocycles. The van der Waals surface area contributed by atoms with Crippen molar-refractivity contribution in [1.29, 1.82) is 0 Å². The number of pyridine rings is 1. The lowest BCUT2D eigenvalue weighted by Crippen LogP contribution is -2.29. The van der Waals surface area contributed by atoms with Crippen LogP contribution in [0.1, 0.15) is 38.8 Å². The van der Waals surface area contributed by atoms with Crippen LogP contribution in [0.2, 0.25) is 0 Å². The summed E-state index contributed by atoms with van der Waals surface area (Å²) in [4.78, 5) is 4.28. The lowest BCUT2D eigenvalue weighted by Gasteiger charge is -2.31. The van der Waals surface area contributed by atoms with Gasteiger partial charge >= 0.3 is 0 Å². The van der Waals surface area contributed by atoms with Crippen molar-refractivity contribution in [2.75, 3.05) is 13.2 Å². The second-order valence-electron chi connectivity index (χ2n) is 5.91. The molecule has 106 valence electrons. The number of ether oxygens (including phenoxy) is 1. The zero-order chi connectivity index (χ0) is 13.5. The largest absolute Gasteiger partial charge is 0.377 e. The van der Waals surface area contributed by atoms with Crippen LogP contribution in [0.4, 0.5) is 0 Å². The zero-order valence-electron chi connectivity index (χ0n) is 12.1. The van der Waals surface area contributed by atoms with Crippen LogP contribution in [-0.2, 0) is 11.3 Å². The average Bonchev–Trinajstić information content (AvgIpc) is 2.38. The Hall–Kier alpha value is -0.930. The molecule has 1 aliphatic rings. The van der Waals surface area contributed by atoms with Crippen molar-refractivity contribution < 1.29 is 4.74 Å². The third-order valence-electron chi connectivity index (χ3n) is 3.80. The van der Waals surface area contributed by atoms with E-state index < -0.39 is 0 Å². The fourth-order valence-electron chi connectivity index (χ4n) is 3.03. The van der Waals surface area contributed by atoms with Gasteiger partial charge in [0, 0.05) is 19.3 Å². The summed E-state index contributed by atoms with van der Waals surface area (Å²) in [7, 11) is 0. The van der Waals surface area contributed by atoms with Crippen LogP contribution in [0.15, 0.2) is 24.4 Å². The Morgan fingerprint density at radius 1 is 1.21 bits per heavy atom. The van der Waals surface area contributed by atoms with Gasteiger partial charge in [-0.05, 0) is 43.2 Å². The van der Waals surface area contributed by atoms with Crippen molar-refractivity contribution in [3.8, 4) is 0 Å². The van der Waals surface area contributed by atoms with E-state index in [0.29, 0.717) is 6.10 Å². The summed E-state index contributed by atoms with van der Waals surface area (Å²) in [6.07, 6.45) is 6.11. The van der Waals surface area contributed by atoms with E-state index in [1.807, 2.05) is 24.4 Å². The number of rotatable bonds is 6. The van der Waals surface area contributed by atoms with Crippen molar-refractivity contribution in [3.63, 3.8) is 0 Å². The van der Waals surface area contributed by atoms with E-state index in [9.17, 15) is 0 Å². The number of nitrogens with one attached hydrogen (secondary N) is 1. The van der Waals surface area contributed by atoms with E-state index in [4.69, 9.17) is 4.74 Å². The molecule has 2 rings (SSSR count). The average molecular weight is 262 g/mol. The summed E-state index contributed by atoms with van der Waals surface area (Å²) in [5.74, 6) is 1.63. The first-order valence-corrected chi connectivity index (χ1v) is 7.46. The summed E-state index contributed by atoms with van der Waals surface area (Å²) in [5, 5.41) is 3.38. The van der Waals surface area contributed by atoms with Crippen molar-refractivity contribution in [2.45, 2.75) is 45.8 Å². The molecular formula is C16H26N2O. The number of hydrogen-bond donors (Lipinski definition) is 1. The predicted octanol–water partition coefficient (Wildman–Crippen LogP) is 3.01. The normalized spacial score (nSPS) is 27.4. The van der Waals surface area contributed by atoms with Crippen LogP contribution in [-0.4, -0.2) is 24.2 Å². The molecule has 0 bridgehead atoms. The fourth-order valence-corrected chi connectivity index (χ4v) is 3.03. The van der Waals surface area contributed by atoms with Crippen LogP contribution in [0.3, 0.4) is 0 Å². The van der Waals surface area contributed by atoms with E-state index in [-0.39, 0.29) is 0 Å². The van der Waals surface area contributed by atoms with E-state index in [0.717, 1.165) is 37.2 Å². The van der Waals surface area contributed by atoms with E-state index in [1.54, 1.807) is 0 Å². The van der Waals surface area contributed by atoms with Crippen LogP contribution >= 0.6 is 0 Å². The molecule has 1 fully saturated rings. The maximum atomic E-state index is 5.98. The van der Waals surface area contributed by atoms with Gasteiger partial charge in [0.25, 0.3) is 0 Å². The highest BCUT2D eigenvalue weighted by Crippen LogP contribution is 2.30. The Balaban J connectivity index is 1.57. The smallest absolute Gasteiger partial charge is 0.0594 e. The Kier molecular flexibility index (Phi) is 5.80. The van der Waals surface area contributed by atoms with Gasteiger partial charge in [-0.25, -0.2) is 0 Å². The molecule has 1 aliphatic carbocycles. The van der Waals surface area contributed by atoms with Crippen molar-refractivity contribution in [3.05, 3.63) is 30.1 Å². The Bertz CT molecular complexity index is 345. The SMILES string of the molecule is CC1CC(C)CC(OCCNCc2ccccn2)C1. The first-order chi connectivity index (χ1) is 9.24. The minimum atomic E-state index is 0.468. The van der Waals surface area contributed by atoms with Gasteiger partial charge in [-0.15, -0.1) is 0 Å². The summed E-state index contributed by atoms with van der Waals surface area (Å²) in [6, 6.07) is 6.00. The van der Waals surface area contributed by atoms with Crippen LogP contribution in [0, 0.1) is 11.8 Å². The number of nitrogens with zero attached hydrogens (tertiary/aromatic N) is 1. The molecule has 2 atom stereocenters. The van der Waals surface area contributed by atoms with Crippen molar-refractivity contribution in [2.24, 2.45) is 11.8 Å². The van der Waals surface area contributed by atoms with Crippen molar-refractivity contribution in [1.82, 2.24) is 10.3 Å². The molecule has 3 heteroatoms. The Morgan fingerprint density at radius 2 is 2.00 bits per heavy atom. The fraction of sp³-hybridized carbons (Fsp3) is 0.688. The van der Waals surface area contributed by atoms with Gasteiger partial charge in [-0.3, -0.25) is 4.98 Å². The van der Waals surface area contributed by atoms with Crippen LogP contribution in [0.25, 0.3) is 0 Å². The third-order valence-corrected chi connectivity index (χ3v) is 3.80. The monoisotopic (exact) mass is 262 g/mol. The van der Waals surface area contributed by atoms with Crippen LogP contribution in [0.5, 0.6) is 0 Å². The second kappa shape index (κ2) is 7.61. The molecule has 0 amide bonds. The Labute approximate surface area is 116 Å². The molecule has 19 heavy (non-hydrogen) atoms. The summed E-state index contributed by atoms with van der Waals surface area (Å²) >= 11 is 0. The molecule has 1 heterocycles. The standard InChI is InChI=1S/C16H26N2O/c1-13-9-14(2)11-16(10-13)19-8-7-17-12-15-5-3-4-6-18-15/h3-6,13-14,16-17H,7-12H2,1-2H3. The van der Waals surface area contributed by atoms with Crippen LogP contribution < -0.4 is 5.32 Å². The molecule has 1 N–H and O–H groups in total. The molecule has 3 nitrogen and oxygen atoms in total. The summed E-state index contributed by atoms with van der Waals surface area (Å²) in [5.41, 5.74) is 1.09. The number of hydrogen-bond acceptors (Lipinski definition) is 3. The van der Waals surface area contributed by atoms with Gasteiger partial charge < -0.3 is 10.1 Å². The molecule has 0 aliphatic heterocycles. The molecule has 0 saturated heterocycles. The quantitative estimate of drug-likeness (QED) is 0.800. The van der Waals surface area contributed by atoms with Gasteiger partial charge in [0.2, 0.25) is 0 Å². The highest BCUT2D eigenvalue weighted by atomic mass is 16.5. The van der Waals surface area contributed by atoms with E-state index in [1.165, 1.54) is 19.3 Å². The molecule has 2 unspecified atom stereocenters. The second-order valence-corrected chi connectivity index (χ2v) is 5.91. The van der Waals surface area contributed by atoms with Crippen molar-refractivity contribution >= 4 is 0 Å². The third kappa shape index (κ3) is 5.29. The molecule has 0 spiro atoms. The zero-order valence-corrected chi connectivity index (χ0v) is 12.1. The lowest BCUT2D eigenvalue weighted by atomic mass is 9.82. The number of aromatic nitrogens is 1. The maximum absolute atomic E-state index is 5.98. The summed E-state index contributed by atoms with van der Waals surface area (Å²) in [6.45, 7) is 7.20. The highest BCUT2D eigenvalue weighted by molar-refractivity contribution is 5.02. The first kappa shape index (κ1) is 14.5. The molecule has 0 aromatic carbocycles. The van der Waals surface area contributed by atoms with Gasteiger partial charge in [-0.2, -0.15) is 0 Å². The Morgan fingerprint density at radius 3 is 2.68 bits per heavy atom. The summed E-state index contributed by atoms with van der Waals surface area (Å²) < 4.78 is 5.98. The molecule has 1 saturated carbocycles.